The van der Waals surface area contributed by atoms with Crippen molar-refractivity contribution >= 4 is 22.4 Å². The van der Waals surface area contributed by atoms with E-state index in [9.17, 15) is 4.79 Å². The molecule has 5 nitrogen and oxygen atoms in total. The zero-order chi connectivity index (χ0) is 12.7. The van der Waals surface area contributed by atoms with Crippen molar-refractivity contribution in [1.82, 2.24) is 10.3 Å². The van der Waals surface area contributed by atoms with Gasteiger partial charge in [-0.3, -0.25) is 4.79 Å². The molecule has 1 rings (SSSR count). The van der Waals surface area contributed by atoms with E-state index in [1.807, 2.05) is 13.8 Å². The molecule has 0 radical (unpaired) electrons. The molecule has 6 heteroatoms. The molecule has 1 amide bonds. The molecule has 0 bridgehead atoms. The number of aliphatic hydroxyl groups is 1. The number of amides is 1. The molecular formula is C11H19N3O2S. The van der Waals surface area contributed by atoms with E-state index in [2.05, 4.69) is 15.6 Å². The molecule has 0 aromatic carbocycles. The molecule has 1 aromatic heterocycles. The van der Waals surface area contributed by atoms with Crippen LogP contribution in [0.4, 0.5) is 5.13 Å². The molecule has 0 aliphatic rings. The van der Waals surface area contributed by atoms with E-state index in [1.54, 1.807) is 6.20 Å². The molecule has 96 valence electrons. The Bertz CT molecular complexity index is 354. The molecule has 1 heterocycles. The predicted molar refractivity (Wildman–Crippen MR) is 69.5 cm³/mol. The second-order valence-electron chi connectivity index (χ2n) is 3.65. The lowest BCUT2D eigenvalue weighted by Gasteiger charge is -2.14. The lowest BCUT2D eigenvalue weighted by atomic mass is 10.1. The largest absolute Gasteiger partial charge is 0.396 e. The first-order valence-electron chi connectivity index (χ1n) is 5.82. The van der Waals surface area contributed by atoms with Gasteiger partial charge in [-0.15, -0.1) is 0 Å². The number of anilines is 1. The van der Waals surface area contributed by atoms with Gasteiger partial charge in [-0.1, -0.05) is 18.3 Å². The third-order valence-electron chi connectivity index (χ3n) is 2.36. The summed E-state index contributed by atoms with van der Waals surface area (Å²) in [5, 5.41) is 15.6. The van der Waals surface area contributed by atoms with Crippen LogP contribution in [0.25, 0.3) is 0 Å². The van der Waals surface area contributed by atoms with Gasteiger partial charge in [-0.25, -0.2) is 4.98 Å². The average molecular weight is 257 g/mol. The summed E-state index contributed by atoms with van der Waals surface area (Å²) in [6.07, 6.45) is 2.97. The molecule has 0 aliphatic heterocycles. The zero-order valence-corrected chi connectivity index (χ0v) is 11.0. The summed E-state index contributed by atoms with van der Waals surface area (Å²) in [4.78, 5) is 16.6. The van der Waals surface area contributed by atoms with Crippen LogP contribution in [0.1, 0.15) is 36.4 Å². The fourth-order valence-electron chi connectivity index (χ4n) is 1.40. The van der Waals surface area contributed by atoms with Gasteiger partial charge in [0.25, 0.3) is 5.91 Å². The van der Waals surface area contributed by atoms with Crippen molar-refractivity contribution in [2.45, 2.75) is 32.7 Å². The maximum atomic E-state index is 11.9. The monoisotopic (exact) mass is 257 g/mol. The molecule has 1 unspecified atom stereocenters. The van der Waals surface area contributed by atoms with Crippen molar-refractivity contribution in [3.8, 4) is 0 Å². The summed E-state index contributed by atoms with van der Waals surface area (Å²) in [5.41, 5.74) is 0. The number of aliphatic hydroxyl groups excluding tert-OH is 1. The van der Waals surface area contributed by atoms with E-state index >= 15 is 0 Å². The van der Waals surface area contributed by atoms with Gasteiger partial charge < -0.3 is 15.7 Å². The Balaban J connectivity index is 2.55. The Morgan fingerprint density at radius 2 is 2.35 bits per heavy atom. The Hall–Kier alpha value is -1.14. The standard InChI is InChI=1S/C11H19N3O2S/c1-3-8(5-6-15)14-10(16)9-7-13-11(17-9)12-4-2/h7-8,15H,3-6H2,1-2H3,(H,12,13)(H,14,16). The van der Waals surface area contributed by atoms with Crippen LogP contribution < -0.4 is 10.6 Å². The first-order chi connectivity index (χ1) is 8.21. The highest BCUT2D eigenvalue weighted by Gasteiger charge is 2.14. The summed E-state index contributed by atoms with van der Waals surface area (Å²) in [6, 6.07) is 0.0252. The van der Waals surface area contributed by atoms with Gasteiger partial charge in [0, 0.05) is 19.2 Å². The minimum atomic E-state index is -0.119. The number of aromatic nitrogens is 1. The Labute approximate surface area is 105 Å². The first-order valence-corrected chi connectivity index (χ1v) is 6.64. The van der Waals surface area contributed by atoms with Crippen LogP contribution in [0.2, 0.25) is 0 Å². The Morgan fingerprint density at radius 3 is 2.94 bits per heavy atom. The maximum Gasteiger partial charge on any atom is 0.263 e. The van der Waals surface area contributed by atoms with E-state index in [4.69, 9.17) is 5.11 Å². The summed E-state index contributed by atoms with van der Waals surface area (Å²) in [5.74, 6) is -0.119. The highest BCUT2D eigenvalue weighted by Crippen LogP contribution is 2.17. The fourth-order valence-corrected chi connectivity index (χ4v) is 2.19. The van der Waals surface area contributed by atoms with Gasteiger partial charge >= 0.3 is 0 Å². The van der Waals surface area contributed by atoms with Crippen molar-refractivity contribution in [3.63, 3.8) is 0 Å². The Kier molecular flexibility index (Phi) is 5.93. The lowest BCUT2D eigenvalue weighted by Crippen LogP contribution is -2.34. The van der Waals surface area contributed by atoms with E-state index in [1.165, 1.54) is 11.3 Å². The molecule has 3 N–H and O–H groups in total. The van der Waals surface area contributed by atoms with Crippen LogP contribution >= 0.6 is 11.3 Å². The number of nitrogens with zero attached hydrogens (tertiary/aromatic N) is 1. The molecule has 1 aromatic rings. The van der Waals surface area contributed by atoms with E-state index < -0.39 is 0 Å². The maximum absolute atomic E-state index is 11.9. The van der Waals surface area contributed by atoms with Crippen LogP contribution in [0.5, 0.6) is 0 Å². The molecule has 0 fully saturated rings. The number of hydrogen-bond donors (Lipinski definition) is 3. The predicted octanol–water partition coefficient (Wildman–Crippen LogP) is 1.47. The van der Waals surface area contributed by atoms with Gasteiger partial charge in [0.2, 0.25) is 0 Å². The molecule has 0 saturated heterocycles. The molecular weight excluding hydrogens is 238 g/mol. The number of hydrogen-bond acceptors (Lipinski definition) is 5. The van der Waals surface area contributed by atoms with Crippen molar-refractivity contribution in [1.29, 1.82) is 0 Å². The second-order valence-corrected chi connectivity index (χ2v) is 4.68. The van der Waals surface area contributed by atoms with Crippen LogP contribution in [0.15, 0.2) is 6.20 Å². The van der Waals surface area contributed by atoms with Crippen LogP contribution in [0.3, 0.4) is 0 Å². The molecule has 0 aliphatic carbocycles. The van der Waals surface area contributed by atoms with Crippen molar-refractivity contribution in [2.75, 3.05) is 18.5 Å². The normalized spacial score (nSPS) is 12.2. The van der Waals surface area contributed by atoms with Crippen LogP contribution in [-0.4, -0.2) is 35.2 Å². The number of carbonyl (C=O) groups excluding carboxylic acids is 1. The minimum absolute atomic E-state index is 0.0252. The smallest absolute Gasteiger partial charge is 0.263 e. The van der Waals surface area contributed by atoms with E-state index in [0.717, 1.165) is 18.1 Å². The zero-order valence-electron chi connectivity index (χ0n) is 10.2. The summed E-state index contributed by atoms with van der Waals surface area (Å²) in [7, 11) is 0. The van der Waals surface area contributed by atoms with Gasteiger partial charge in [0.1, 0.15) is 4.88 Å². The van der Waals surface area contributed by atoms with Crippen molar-refractivity contribution in [3.05, 3.63) is 11.1 Å². The fraction of sp³-hybridized carbons (Fsp3) is 0.636. The molecule has 1 atom stereocenters. The minimum Gasteiger partial charge on any atom is -0.396 e. The summed E-state index contributed by atoms with van der Waals surface area (Å²) < 4.78 is 0. The Morgan fingerprint density at radius 1 is 1.59 bits per heavy atom. The van der Waals surface area contributed by atoms with Crippen LogP contribution in [0, 0.1) is 0 Å². The third-order valence-corrected chi connectivity index (χ3v) is 3.32. The second kappa shape index (κ2) is 7.24. The lowest BCUT2D eigenvalue weighted by molar-refractivity contribution is 0.0933. The quantitative estimate of drug-likeness (QED) is 0.691. The molecule has 17 heavy (non-hydrogen) atoms. The first kappa shape index (κ1) is 13.9. The average Bonchev–Trinajstić information content (AvgIpc) is 2.77. The summed E-state index contributed by atoms with van der Waals surface area (Å²) >= 11 is 1.34. The number of rotatable bonds is 7. The number of nitrogens with one attached hydrogen (secondary N) is 2. The molecule has 0 spiro atoms. The van der Waals surface area contributed by atoms with Crippen molar-refractivity contribution < 1.29 is 9.90 Å². The van der Waals surface area contributed by atoms with Gasteiger partial charge in [0.15, 0.2) is 5.13 Å². The van der Waals surface area contributed by atoms with Gasteiger partial charge in [-0.05, 0) is 19.8 Å². The molecule has 0 saturated carbocycles. The number of carbonyl (C=O) groups is 1. The van der Waals surface area contributed by atoms with E-state index in [0.29, 0.717) is 11.3 Å². The highest BCUT2D eigenvalue weighted by molar-refractivity contribution is 7.17. The number of thiazole rings is 1. The third kappa shape index (κ3) is 4.32. The van der Waals surface area contributed by atoms with Crippen LogP contribution in [-0.2, 0) is 0 Å². The highest BCUT2D eigenvalue weighted by atomic mass is 32.1. The van der Waals surface area contributed by atoms with Gasteiger partial charge in [0.05, 0.1) is 6.20 Å². The van der Waals surface area contributed by atoms with Gasteiger partial charge in [-0.2, -0.15) is 0 Å². The SMILES string of the molecule is CCNc1ncc(C(=O)NC(CC)CCO)s1. The summed E-state index contributed by atoms with van der Waals surface area (Å²) in [6.45, 7) is 4.84. The topological polar surface area (TPSA) is 74.2 Å². The van der Waals surface area contributed by atoms with Crippen molar-refractivity contribution in [2.24, 2.45) is 0 Å². The van der Waals surface area contributed by atoms with E-state index in [-0.39, 0.29) is 18.6 Å².